The van der Waals surface area contributed by atoms with Gasteiger partial charge in [-0.1, -0.05) is 45.5 Å². The molecule has 0 heterocycles. The summed E-state index contributed by atoms with van der Waals surface area (Å²) in [6.07, 6.45) is 1.44. The summed E-state index contributed by atoms with van der Waals surface area (Å²) in [5, 5.41) is 0. The molecule has 0 fully saturated rings. The highest BCUT2D eigenvalue weighted by Crippen LogP contribution is 2.20. The van der Waals surface area contributed by atoms with Gasteiger partial charge >= 0.3 is 0 Å². The van der Waals surface area contributed by atoms with Gasteiger partial charge in [-0.15, -0.1) is 0 Å². The van der Waals surface area contributed by atoms with Crippen molar-refractivity contribution in [3.8, 4) is 5.75 Å². The van der Waals surface area contributed by atoms with Gasteiger partial charge in [0.25, 0.3) is 0 Å². The monoisotopic (exact) mass is 372 g/mol. The molecular weight excluding hydrogens is 350 g/mol. The summed E-state index contributed by atoms with van der Waals surface area (Å²) in [7, 11) is 1.47. The van der Waals surface area contributed by atoms with Crippen LogP contribution in [0.1, 0.15) is 32.4 Å². The van der Waals surface area contributed by atoms with Crippen LogP contribution >= 0.6 is 15.9 Å². The lowest BCUT2D eigenvalue weighted by Gasteiger charge is -2.04. The number of benzene rings is 2. The number of hydrogen-bond acceptors (Lipinski definition) is 1. The SMILES string of the molecule is C.CCc1cccc(Br)c1F.CCc1cccc(OC)c1F. The third-order valence-electron chi connectivity index (χ3n) is 3.06. The largest absolute Gasteiger partial charge is 0.494 e. The quantitative estimate of drug-likeness (QED) is 0.624. The van der Waals surface area contributed by atoms with Gasteiger partial charge in [0.2, 0.25) is 0 Å². The first-order valence-corrected chi connectivity index (χ1v) is 7.58. The summed E-state index contributed by atoms with van der Waals surface area (Å²) in [6.45, 7) is 3.85. The maximum Gasteiger partial charge on any atom is 0.168 e. The molecule has 0 atom stereocenters. The number of ether oxygens (including phenoxy) is 1. The molecule has 122 valence electrons. The first-order valence-electron chi connectivity index (χ1n) is 6.79. The zero-order chi connectivity index (χ0) is 15.8. The molecule has 0 aliphatic heterocycles. The molecular formula is C18H23BrF2O. The van der Waals surface area contributed by atoms with E-state index in [1.807, 2.05) is 19.9 Å². The van der Waals surface area contributed by atoms with E-state index in [2.05, 4.69) is 15.9 Å². The summed E-state index contributed by atoms with van der Waals surface area (Å²) >= 11 is 3.11. The van der Waals surface area contributed by atoms with Gasteiger partial charge < -0.3 is 4.74 Å². The average Bonchev–Trinajstić information content (AvgIpc) is 2.51. The Morgan fingerprint density at radius 3 is 1.86 bits per heavy atom. The first-order chi connectivity index (χ1) is 10.0. The molecule has 0 spiro atoms. The molecule has 0 saturated heterocycles. The molecule has 0 unspecified atom stereocenters. The van der Waals surface area contributed by atoms with Crippen LogP contribution in [0.15, 0.2) is 40.9 Å². The zero-order valence-corrected chi connectivity index (χ0v) is 14.0. The Bertz CT molecular complexity index is 563. The zero-order valence-electron chi connectivity index (χ0n) is 12.4. The van der Waals surface area contributed by atoms with E-state index in [0.717, 1.165) is 12.0 Å². The Kier molecular flexibility index (Phi) is 9.66. The highest BCUT2D eigenvalue weighted by molar-refractivity contribution is 9.10. The molecule has 0 aliphatic rings. The van der Waals surface area contributed by atoms with Crippen LogP contribution in [0.4, 0.5) is 8.78 Å². The highest BCUT2D eigenvalue weighted by atomic mass is 79.9. The molecule has 0 aromatic heterocycles. The van der Waals surface area contributed by atoms with Crippen molar-refractivity contribution < 1.29 is 13.5 Å². The molecule has 0 aliphatic carbocycles. The van der Waals surface area contributed by atoms with Crippen LogP contribution in [-0.4, -0.2) is 7.11 Å². The molecule has 0 bridgehead atoms. The van der Waals surface area contributed by atoms with Crippen molar-refractivity contribution in [1.82, 2.24) is 0 Å². The molecule has 0 saturated carbocycles. The molecule has 2 rings (SSSR count). The van der Waals surface area contributed by atoms with Crippen LogP contribution < -0.4 is 4.74 Å². The Morgan fingerprint density at radius 1 is 0.909 bits per heavy atom. The van der Waals surface area contributed by atoms with Crippen LogP contribution in [0.25, 0.3) is 0 Å². The van der Waals surface area contributed by atoms with Gasteiger partial charge in [0.05, 0.1) is 11.6 Å². The number of methoxy groups -OCH3 is 1. The van der Waals surface area contributed by atoms with Crippen LogP contribution in [0.2, 0.25) is 0 Å². The minimum atomic E-state index is -0.238. The summed E-state index contributed by atoms with van der Waals surface area (Å²) in [6, 6.07) is 10.5. The van der Waals surface area contributed by atoms with Gasteiger partial charge in [-0.05, 0) is 52.0 Å². The maximum atomic E-state index is 13.1. The second-order valence-corrected chi connectivity index (χ2v) is 5.21. The van der Waals surface area contributed by atoms with E-state index in [0.29, 0.717) is 22.2 Å². The van der Waals surface area contributed by atoms with Gasteiger partial charge in [-0.3, -0.25) is 0 Å². The molecule has 1 nitrogen and oxygen atoms in total. The highest BCUT2D eigenvalue weighted by Gasteiger charge is 2.05. The van der Waals surface area contributed by atoms with Gasteiger partial charge in [-0.2, -0.15) is 0 Å². The second-order valence-electron chi connectivity index (χ2n) is 4.35. The van der Waals surface area contributed by atoms with Crippen molar-refractivity contribution in [3.05, 3.63) is 63.6 Å². The van der Waals surface area contributed by atoms with Gasteiger partial charge in [-0.25, -0.2) is 8.78 Å². The third-order valence-corrected chi connectivity index (χ3v) is 3.67. The Balaban J connectivity index is 0.000000385. The van der Waals surface area contributed by atoms with Crippen LogP contribution in [0, 0.1) is 11.6 Å². The number of aryl methyl sites for hydroxylation is 2. The lowest BCUT2D eigenvalue weighted by atomic mass is 10.1. The predicted molar refractivity (Wildman–Crippen MR) is 92.5 cm³/mol. The van der Waals surface area contributed by atoms with Crippen molar-refractivity contribution >= 4 is 15.9 Å². The average molecular weight is 373 g/mol. The van der Waals surface area contributed by atoms with Crippen molar-refractivity contribution in [3.63, 3.8) is 0 Å². The number of halogens is 3. The lowest BCUT2D eigenvalue weighted by Crippen LogP contribution is -1.92. The molecule has 0 N–H and O–H groups in total. The fourth-order valence-corrected chi connectivity index (χ4v) is 2.22. The smallest absolute Gasteiger partial charge is 0.168 e. The maximum absolute atomic E-state index is 13.1. The van der Waals surface area contributed by atoms with Gasteiger partial charge in [0.1, 0.15) is 5.82 Å². The summed E-state index contributed by atoms with van der Waals surface area (Å²) in [5.74, 6) is -0.0492. The van der Waals surface area contributed by atoms with Gasteiger partial charge in [0, 0.05) is 0 Å². The van der Waals surface area contributed by atoms with E-state index in [-0.39, 0.29) is 19.1 Å². The van der Waals surface area contributed by atoms with E-state index in [9.17, 15) is 8.78 Å². The summed E-state index contributed by atoms with van der Waals surface area (Å²) in [4.78, 5) is 0. The Morgan fingerprint density at radius 2 is 1.41 bits per heavy atom. The standard InChI is InChI=1S/C9H11FO.C8H8BrF.CH4/c1-3-7-5-4-6-8(11-2)9(7)10;1-2-6-4-3-5-7(9)8(6)10;/h4-6H,3H2,1-2H3;3-5H,2H2,1H3;1H4. The normalized spacial score (nSPS) is 9.36. The van der Waals surface area contributed by atoms with E-state index >= 15 is 0 Å². The number of hydrogen-bond donors (Lipinski definition) is 0. The van der Waals surface area contributed by atoms with E-state index in [4.69, 9.17) is 4.74 Å². The molecule has 2 aromatic rings. The lowest BCUT2D eigenvalue weighted by molar-refractivity contribution is 0.384. The first kappa shape index (κ1) is 20.6. The minimum absolute atomic E-state index is 0. The molecule has 2 aromatic carbocycles. The van der Waals surface area contributed by atoms with Crippen LogP contribution in [0.5, 0.6) is 5.75 Å². The molecule has 0 amide bonds. The fraction of sp³-hybridized carbons (Fsp3) is 0.333. The Hall–Kier alpha value is -1.42. The van der Waals surface area contributed by atoms with Crippen molar-refractivity contribution in [2.45, 2.75) is 34.1 Å². The second kappa shape index (κ2) is 10.3. The summed E-state index contributed by atoms with van der Waals surface area (Å²) in [5.41, 5.74) is 1.46. The molecule has 4 heteroatoms. The van der Waals surface area contributed by atoms with E-state index in [1.165, 1.54) is 7.11 Å². The van der Waals surface area contributed by atoms with Crippen LogP contribution in [0.3, 0.4) is 0 Å². The van der Waals surface area contributed by atoms with Crippen LogP contribution in [-0.2, 0) is 12.8 Å². The number of rotatable bonds is 3. The predicted octanol–water partition coefficient (Wildman–Crippen LogP) is 6.18. The molecule has 0 radical (unpaired) electrons. The van der Waals surface area contributed by atoms with Crippen molar-refractivity contribution in [1.29, 1.82) is 0 Å². The van der Waals surface area contributed by atoms with E-state index < -0.39 is 0 Å². The van der Waals surface area contributed by atoms with Crippen molar-refractivity contribution in [2.24, 2.45) is 0 Å². The Labute approximate surface area is 140 Å². The fourth-order valence-electron chi connectivity index (χ4n) is 1.81. The molecule has 22 heavy (non-hydrogen) atoms. The summed E-state index contributed by atoms with van der Waals surface area (Å²) < 4.78 is 31.5. The van der Waals surface area contributed by atoms with E-state index in [1.54, 1.807) is 30.3 Å². The van der Waals surface area contributed by atoms with Gasteiger partial charge in [0.15, 0.2) is 11.6 Å². The minimum Gasteiger partial charge on any atom is -0.494 e. The topological polar surface area (TPSA) is 9.23 Å². The van der Waals surface area contributed by atoms with Crippen molar-refractivity contribution in [2.75, 3.05) is 7.11 Å². The third kappa shape index (κ3) is 5.41.